The fourth-order valence-corrected chi connectivity index (χ4v) is 2.65. The molecule has 0 fully saturated rings. The minimum Gasteiger partial charge on any atom is -0.385 e. The Morgan fingerprint density at radius 2 is 2.33 bits per heavy atom. The number of anilines is 1. The largest absolute Gasteiger partial charge is 0.385 e. The minimum absolute atomic E-state index is 0.663. The van der Waals surface area contributed by atoms with Crippen molar-refractivity contribution in [2.24, 2.45) is 0 Å². The molecule has 0 saturated heterocycles. The molecule has 3 heteroatoms. The summed E-state index contributed by atoms with van der Waals surface area (Å²) in [6, 6.07) is 6.43. The molecule has 0 aromatic heterocycles. The number of fused-ring (bicyclic) bond motifs is 1. The van der Waals surface area contributed by atoms with Crippen LogP contribution in [-0.2, 0) is 0 Å². The third kappa shape index (κ3) is 1.62. The third-order valence-electron chi connectivity index (χ3n) is 2.06. The normalized spacial score (nSPS) is 21.3. The Hall–Kier alpha value is 0.230. The van der Waals surface area contributed by atoms with E-state index in [0.29, 0.717) is 3.92 Å². The lowest BCUT2D eigenvalue weighted by molar-refractivity contribution is 0.834. The first kappa shape index (κ1) is 8.81. The van der Waals surface area contributed by atoms with Crippen LogP contribution in [0.1, 0.15) is 15.9 Å². The van der Waals surface area contributed by atoms with Crippen molar-refractivity contribution in [3.63, 3.8) is 0 Å². The highest BCUT2D eigenvalue weighted by Gasteiger charge is 2.16. The van der Waals surface area contributed by atoms with Gasteiger partial charge in [0.25, 0.3) is 0 Å². The van der Waals surface area contributed by atoms with Crippen molar-refractivity contribution in [2.45, 2.75) is 10.3 Å². The minimum atomic E-state index is 0.663. The first-order valence-electron chi connectivity index (χ1n) is 3.95. The Labute approximate surface area is 94.2 Å². The second kappa shape index (κ2) is 3.54. The number of hydrogen-bond acceptors (Lipinski definition) is 1. The molecule has 0 radical (unpaired) electrons. The lowest BCUT2D eigenvalue weighted by Crippen LogP contribution is -2.12. The first-order valence-corrected chi connectivity index (χ1v) is 5.98. The molecule has 1 nitrogen and oxygen atoms in total. The van der Waals surface area contributed by atoms with Crippen molar-refractivity contribution < 1.29 is 0 Å². The van der Waals surface area contributed by atoms with Crippen LogP contribution in [0.5, 0.6) is 0 Å². The molecule has 0 saturated carbocycles. The molecule has 1 heterocycles. The van der Waals surface area contributed by atoms with Crippen molar-refractivity contribution in [1.29, 1.82) is 0 Å². The van der Waals surface area contributed by atoms with Gasteiger partial charge in [-0.25, -0.2) is 0 Å². The van der Waals surface area contributed by atoms with Gasteiger partial charge in [-0.1, -0.05) is 38.5 Å². The summed E-state index contributed by atoms with van der Waals surface area (Å²) in [6.45, 7) is 1.10. The van der Waals surface area contributed by atoms with E-state index < -0.39 is 0 Å². The Bertz CT molecular complexity index is 301. The lowest BCUT2D eigenvalue weighted by Gasteiger charge is -2.22. The Morgan fingerprint density at radius 1 is 1.50 bits per heavy atom. The molecule has 1 aliphatic heterocycles. The Kier molecular flexibility index (Phi) is 2.60. The summed E-state index contributed by atoms with van der Waals surface area (Å²) < 4.78 is 1.84. The zero-order chi connectivity index (χ0) is 8.55. The van der Waals surface area contributed by atoms with E-state index in [9.17, 15) is 0 Å². The van der Waals surface area contributed by atoms with Crippen molar-refractivity contribution >= 4 is 44.2 Å². The summed E-state index contributed by atoms with van der Waals surface area (Å²) in [5, 5.41) is 3.39. The summed E-state index contributed by atoms with van der Waals surface area (Å²) in [6.07, 6.45) is 1.23. The Morgan fingerprint density at radius 3 is 3.17 bits per heavy atom. The fourth-order valence-electron chi connectivity index (χ4n) is 1.44. The van der Waals surface area contributed by atoms with Gasteiger partial charge in [-0.05, 0) is 30.2 Å². The predicted octanol–water partition coefficient (Wildman–Crippen LogP) is 3.74. The van der Waals surface area contributed by atoms with E-state index in [2.05, 4.69) is 62.0 Å². The summed E-state index contributed by atoms with van der Waals surface area (Å²) in [7, 11) is 0. The molecule has 0 spiro atoms. The van der Waals surface area contributed by atoms with Crippen molar-refractivity contribution in [2.75, 3.05) is 11.9 Å². The fraction of sp³-hybridized carbons (Fsp3) is 0.333. The second-order valence-corrected chi connectivity index (χ2v) is 5.33. The van der Waals surface area contributed by atoms with E-state index in [1.807, 2.05) is 0 Å². The molecule has 0 aliphatic carbocycles. The van der Waals surface area contributed by atoms with E-state index in [1.54, 1.807) is 0 Å². The van der Waals surface area contributed by atoms with Gasteiger partial charge in [0, 0.05) is 20.6 Å². The monoisotopic (exact) mass is 337 g/mol. The third-order valence-corrected chi connectivity index (χ3v) is 3.85. The molecular formula is C9H9BrIN. The van der Waals surface area contributed by atoms with E-state index in [1.165, 1.54) is 22.1 Å². The van der Waals surface area contributed by atoms with Crippen LogP contribution in [-0.4, -0.2) is 6.54 Å². The highest BCUT2D eigenvalue weighted by Crippen LogP contribution is 2.37. The standard InChI is InChI=1S/C9H9BrIN/c10-6-1-2-9-7(5-6)8(11)3-4-12-9/h1-2,5,8,12H,3-4H2. The molecule has 64 valence electrons. The van der Waals surface area contributed by atoms with Gasteiger partial charge in [0.2, 0.25) is 0 Å². The van der Waals surface area contributed by atoms with Gasteiger partial charge in [-0.3, -0.25) is 0 Å². The van der Waals surface area contributed by atoms with Gasteiger partial charge in [0.1, 0.15) is 0 Å². The van der Waals surface area contributed by atoms with Gasteiger partial charge in [-0.15, -0.1) is 0 Å². The van der Waals surface area contributed by atoms with Gasteiger partial charge >= 0.3 is 0 Å². The number of halogens is 2. The van der Waals surface area contributed by atoms with Crippen molar-refractivity contribution in [1.82, 2.24) is 0 Å². The summed E-state index contributed by atoms with van der Waals surface area (Å²) in [5.41, 5.74) is 2.72. The zero-order valence-corrected chi connectivity index (χ0v) is 10.2. The van der Waals surface area contributed by atoms with Crippen LogP contribution in [0.2, 0.25) is 0 Å². The first-order chi connectivity index (χ1) is 5.77. The molecule has 1 atom stereocenters. The maximum Gasteiger partial charge on any atom is 0.0397 e. The SMILES string of the molecule is Brc1ccc2c(c1)C(I)CCN2. The zero-order valence-electron chi connectivity index (χ0n) is 6.48. The van der Waals surface area contributed by atoms with Gasteiger partial charge in [0.15, 0.2) is 0 Å². The topological polar surface area (TPSA) is 12.0 Å². The average Bonchev–Trinajstić information content (AvgIpc) is 2.07. The molecule has 1 aromatic carbocycles. The van der Waals surface area contributed by atoms with Crippen LogP contribution >= 0.6 is 38.5 Å². The quantitative estimate of drug-likeness (QED) is 0.561. The van der Waals surface area contributed by atoms with Gasteiger partial charge in [0.05, 0.1) is 0 Å². The van der Waals surface area contributed by atoms with Gasteiger partial charge in [-0.2, -0.15) is 0 Å². The highest BCUT2D eigenvalue weighted by atomic mass is 127. The van der Waals surface area contributed by atoms with E-state index in [0.717, 1.165) is 6.54 Å². The van der Waals surface area contributed by atoms with Gasteiger partial charge < -0.3 is 5.32 Å². The number of alkyl halides is 1. The number of hydrogen-bond donors (Lipinski definition) is 1. The molecule has 1 N–H and O–H groups in total. The van der Waals surface area contributed by atoms with E-state index >= 15 is 0 Å². The summed E-state index contributed by atoms with van der Waals surface area (Å²) in [5.74, 6) is 0. The maximum atomic E-state index is 3.49. The molecule has 1 aromatic rings. The summed E-state index contributed by atoms with van der Waals surface area (Å²) >= 11 is 5.99. The second-order valence-electron chi connectivity index (χ2n) is 2.91. The summed E-state index contributed by atoms with van der Waals surface area (Å²) in [4.78, 5) is 0. The lowest BCUT2D eigenvalue weighted by atomic mass is 10.0. The number of benzene rings is 1. The van der Waals surface area contributed by atoms with E-state index in [-0.39, 0.29) is 0 Å². The van der Waals surface area contributed by atoms with Crippen LogP contribution in [0.15, 0.2) is 22.7 Å². The average molecular weight is 338 g/mol. The van der Waals surface area contributed by atoms with Crippen LogP contribution < -0.4 is 5.32 Å². The molecule has 2 rings (SSSR count). The molecular weight excluding hydrogens is 329 g/mol. The molecule has 12 heavy (non-hydrogen) atoms. The van der Waals surface area contributed by atoms with Crippen molar-refractivity contribution in [3.05, 3.63) is 28.2 Å². The highest BCUT2D eigenvalue weighted by molar-refractivity contribution is 14.1. The molecule has 1 aliphatic rings. The maximum absolute atomic E-state index is 3.49. The van der Waals surface area contributed by atoms with Crippen molar-refractivity contribution in [3.8, 4) is 0 Å². The van der Waals surface area contributed by atoms with Crippen LogP contribution in [0.3, 0.4) is 0 Å². The molecule has 1 unspecified atom stereocenters. The Balaban J connectivity index is 2.47. The van der Waals surface area contributed by atoms with E-state index in [4.69, 9.17) is 0 Å². The molecule has 0 bridgehead atoms. The number of rotatable bonds is 0. The van der Waals surface area contributed by atoms with Crippen LogP contribution in [0.25, 0.3) is 0 Å². The van der Waals surface area contributed by atoms with Crippen LogP contribution in [0.4, 0.5) is 5.69 Å². The smallest absolute Gasteiger partial charge is 0.0397 e. The predicted molar refractivity (Wildman–Crippen MR) is 64.0 cm³/mol. The number of nitrogens with one attached hydrogen (secondary N) is 1. The molecule has 0 amide bonds. The van der Waals surface area contributed by atoms with Crippen LogP contribution in [0, 0.1) is 0 Å².